The van der Waals surface area contributed by atoms with Crippen molar-refractivity contribution in [3.05, 3.63) is 83.9 Å². The summed E-state index contributed by atoms with van der Waals surface area (Å²) in [5.41, 5.74) is 10.9. The molecule has 0 aliphatic carbocycles. The van der Waals surface area contributed by atoms with Crippen molar-refractivity contribution < 1.29 is 4.74 Å². The predicted molar refractivity (Wildman–Crippen MR) is 96.1 cm³/mol. The van der Waals surface area contributed by atoms with Crippen LogP contribution in [0.4, 0.5) is 17.1 Å². The van der Waals surface area contributed by atoms with Crippen LogP contribution in [-0.4, -0.2) is 0 Å². The van der Waals surface area contributed by atoms with Gasteiger partial charge in [-0.2, -0.15) is 0 Å². The third-order valence-corrected chi connectivity index (χ3v) is 3.69. The monoisotopic (exact) mass is 304 g/mol. The average Bonchev–Trinajstić information content (AvgIpc) is 2.58. The Morgan fingerprint density at radius 2 is 1.61 bits per heavy atom. The van der Waals surface area contributed by atoms with E-state index in [0.29, 0.717) is 6.61 Å². The number of hydrogen-bond donors (Lipinski definition) is 2. The molecule has 3 heteroatoms. The molecule has 0 bridgehead atoms. The molecule has 116 valence electrons. The van der Waals surface area contributed by atoms with E-state index in [-0.39, 0.29) is 0 Å². The molecule has 0 radical (unpaired) electrons. The molecule has 3 aromatic carbocycles. The number of aryl methyl sites for hydroxylation is 1. The van der Waals surface area contributed by atoms with E-state index >= 15 is 0 Å². The van der Waals surface area contributed by atoms with E-state index < -0.39 is 0 Å². The molecule has 3 aromatic rings. The lowest BCUT2D eigenvalue weighted by atomic mass is 10.1. The molecule has 0 fully saturated rings. The third-order valence-electron chi connectivity index (χ3n) is 3.69. The number of ether oxygens (including phenoxy) is 1. The maximum Gasteiger partial charge on any atom is 0.143 e. The van der Waals surface area contributed by atoms with Gasteiger partial charge in [0.15, 0.2) is 0 Å². The highest BCUT2D eigenvalue weighted by atomic mass is 16.5. The largest absolute Gasteiger partial charge is 0.487 e. The Kier molecular flexibility index (Phi) is 4.48. The van der Waals surface area contributed by atoms with Gasteiger partial charge in [0, 0.05) is 0 Å². The molecule has 3 nitrogen and oxygen atoms in total. The van der Waals surface area contributed by atoms with Gasteiger partial charge in [-0.1, -0.05) is 54.6 Å². The van der Waals surface area contributed by atoms with Crippen LogP contribution >= 0.6 is 0 Å². The minimum absolute atomic E-state index is 0.531. The lowest BCUT2D eigenvalue weighted by Gasteiger charge is -2.16. The molecular formula is C20H20N2O. The molecule has 3 N–H and O–H groups in total. The number of nitrogens with one attached hydrogen (secondary N) is 1. The number of rotatable bonds is 5. The SMILES string of the molecule is Cc1cccc(N)c1Nc1ccccc1OCc1ccccc1. The molecule has 0 aliphatic rings. The number of anilines is 3. The molecule has 0 spiro atoms. The summed E-state index contributed by atoms with van der Waals surface area (Å²) in [6, 6.07) is 23.9. The summed E-state index contributed by atoms with van der Waals surface area (Å²) >= 11 is 0. The third kappa shape index (κ3) is 3.64. The molecule has 0 aliphatic heterocycles. The Labute approximate surface area is 136 Å². The fourth-order valence-corrected chi connectivity index (χ4v) is 2.43. The Balaban J connectivity index is 1.81. The van der Waals surface area contributed by atoms with Crippen LogP contribution < -0.4 is 15.8 Å². The zero-order chi connectivity index (χ0) is 16.1. The second-order valence-electron chi connectivity index (χ2n) is 5.43. The van der Waals surface area contributed by atoms with Crippen molar-refractivity contribution in [3.8, 4) is 5.75 Å². The lowest BCUT2D eigenvalue weighted by molar-refractivity contribution is 0.308. The summed E-state index contributed by atoms with van der Waals surface area (Å²) in [7, 11) is 0. The van der Waals surface area contributed by atoms with Gasteiger partial charge in [0.1, 0.15) is 12.4 Å². The first-order chi connectivity index (χ1) is 11.2. The van der Waals surface area contributed by atoms with Gasteiger partial charge in [0.05, 0.1) is 17.1 Å². The van der Waals surface area contributed by atoms with Gasteiger partial charge in [-0.15, -0.1) is 0 Å². The van der Waals surface area contributed by atoms with Crippen LogP contribution in [0, 0.1) is 6.92 Å². The van der Waals surface area contributed by atoms with Crippen molar-refractivity contribution in [2.75, 3.05) is 11.1 Å². The molecule has 0 saturated heterocycles. The van der Waals surface area contributed by atoms with E-state index in [1.807, 2.05) is 67.6 Å². The minimum atomic E-state index is 0.531. The quantitative estimate of drug-likeness (QED) is 0.659. The molecule has 0 saturated carbocycles. The number of para-hydroxylation sites is 3. The maximum absolute atomic E-state index is 6.08. The van der Waals surface area contributed by atoms with Crippen molar-refractivity contribution in [1.82, 2.24) is 0 Å². The molecule has 23 heavy (non-hydrogen) atoms. The van der Waals surface area contributed by atoms with Crippen molar-refractivity contribution in [1.29, 1.82) is 0 Å². The normalized spacial score (nSPS) is 10.3. The molecule has 0 atom stereocenters. The summed E-state index contributed by atoms with van der Waals surface area (Å²) in [5, 5.41) is 3.40. The lowest BCUT2D eigenvalue weighted by Crippen LogP contribution is -2.02. The van der Waals surface area contributed by atoms with Gasteiger partial charge in [-0.25, -0.2) is 0 Å². The predicted octanol–water partition coefficient (Wildman–Crippen LogP) is 4.90. The number of nitrogens with two attached hydrogens (primary N) is 1. The van der Waals surface area contributed by atoms with Crippen molar-refractivity contribution in [3.63, 3.8) is 0 Å². The second-order valence-corrected chi connectivity index (χ2v) is 5.43. The van der Waals surface area contributed by atoms with Crippen LogP contribution in [0.5, 0.6) is 5.75 Å². The van der Waals surface area contributed by atoms with Gasteiger partial charge in [0.25, 0.3) is 0 Å². The Morgan fingerprint density at radius 1 is 0.870 bits per heavy atom. The molecule has 0 aromatic heterocycles. The molecule has 0 amide bonds. The highest BCUT2D eigenvalue weighted by molar-refractivity contribution is 5.77. The minimum Gasteiger partial charge on any atom is -0.487 e. The van der Waals surface area contributed by atoms with Gasteiger partial charge in [-0.05, 0) is 36.2 Å². The fraction of sp³-hybridized carbons (Fsp3) is 0.100. The van der Waals surface area contributed by atoms with Crippen LogP contribution in [0.25, 0.3) is 0 Å². The van der Waals surface area contributed by atoms with Gasteiger partial charge < -0.3 is 15.8 Å². The Hall–Kier alpha value is -2.94. The number of benzene rings is 3. The van der Waals surface area contributed by atoms with Crippen LogP contribution in [0.2, 0.25) is 0 Å². The van der Waals surface area contributed by atoms with Gasteiger partial charge in [0.2, 0.25) is 0 Å². The maximum atomic E-state index is 6.08. The van der Waals surface area contributed by atoms with Crippen molar-refractivity contribution >= 4 is 17.1 Å². The average molecular weight is 304 g/mol. The van der Waals surface area contributed by atoms with E-state index in [4.69, 9.17) is 10.5 Å². The van der Waals surface area contributed by atoms with E-state index in [9.17, 15) is 0 Å². The van der Waals surface area contributed by atoms with Gasteiger partial charge >= 0.3 is 0 Å². The topological polar surface area (TPSA) is 47.3 Å². The van der Waals surface area contributed by atoms with Crippen LogP contribution in [-0.2, 0) is 6.61 Å². The first-order valence-electron chi connectivity index (χ1n) is 7.62. The van der Waals surface area contributed by atoms with Gasteiger partial charge in [-0.3, -0.25) is 0 Å². The summed E-state index contributed by atoms with van der Waals surface area (Å²) < 4.78 is 5.97. The standard InChI is InChI=1S/C20H20N2O/c1-15-8-7-11-17(21)20(15)22-18-12-5-6-13-19(18)23-14-16-9-3-2-4-10-16/h2-13,22H,14,21H2,1H3. The first-order valence-corrected chi connectivity index (χ1v) is 7.62. The van der Waals surface area contributed by atoms with E-state index in [1.165, 1.54) is 0 Å². The molecule has 0 unspecified atom stereocenters. The Bertz CT molecular complexity index is 764. The van der Waals surface area contributed by atoms with Crippen LogP contribution in [0.3, 0.4) is 0 Å². The summed E-state index contributed by atoms with van der Waals surface area (Å²) in [4.78, 5) is 0. The highest BCUT2D eigenvalue weighted by Crippen LogP contribution is 2.32. The van der Waals surface area contributed by atoms with E-state index in [1.54, 1.807) is 0 Å². The van der Waals surface area contributed by atoms with Crippen molar-refractivity contribution in [2.45, 2.75) is 13.5 Å². The molecule has 0 heterocycles. The summed E-state index contributed by atoms with van der Waals surface area (Å²) in [5.74, 6) is 0.805. The smallest absolute Gasteiger partial charge is 0.143 e. The van der Waals surface area contributed by atoms with Crippen LogP contribution in [0.1, 0.15) is 11.1 Å². The zero-order valence-corrected chi connectivity index (χ0v) is 13.1. The molecule has 3 rings (SSSR count). The summed E-state index contributed by atoms with van der Waals surface area (Å²) in [6.45, 7) is 2.56. The zero-order valence-electron chi connectivity index (χ0n) is 13.1. The number of nitrogen functional groups attached to an aromatic ring is 1. The van der Waals surface area contributed by atoms with Crippen LogP contribution in [0.15, 0.2) is 72.8 Å². The van der Waals surface area contributed by atoms with E-state index in [2.05, 4.69) is 17.4 Å². The highest BCUT2D eigenvalue weighted by Gasteiger charge is 2.07. The fourth-order valence-electron chi connectivity index (χ4n) is 2.43. The second kappa shape index (κ2) is 6.88. The number of hydrogen-bond acceptors (Lipinski definition) is 3. The molecular weight excluding hydrogens is 284 g/mol. The summed E-state index contributed by atoms with van der Waals surface area (Å²) in [6.07, 6.45) is 0. The Morgan fingerprint density at radius 3 is 2.39 bits per heavy atom. The van der Waals surface area contributed by atoms with E-state index in [0.717, 1.165) is 33.9 Å². The van der Waals surface area contributed by atoms with Crippen molar-refractivity contribution in [2.24, 2.45) is 0 Å². The first kappa shape index (κ1) is 15.0.